The molecule has 0 aliphatic rings. The Morgan fingerprint density at radius 2 is 1.72 bits per heavy atom. The average molecular weight is 415 g/mol. The molecule has 2 aromatic carbocycles. The normalized spacial score (nSPS) is 13.0. The number of alkyl halides is 3. The van der Waals surface area contributed by atoms with Crippen molar-refractivity contribution in [3.05, 3.63) is 76.5 Å². The molecule has 0 saturated carbocycles. The molecule has 0 aliphatic carbocycles. The fourth-order valence-electron chi connectivity index (χ4n) is 3.74. The highest BCUT2D eigenvalue weighted by molar-refractivity contribution is 7.10. The summed E-state index contributed by atoms with van der Waals surface area (Å²) >= 11 is 1.28. The summed E-state index contributed by atoms with van der Waals surface area (Å²) in [7, 11) is -1.74. The van der Waals surface area contributed by atoms with E-state index in [1.807, 2.05) is 30.3 Å². The Labute approximate surface area is 169 Å². The highest BCUT2D eigenvalue weighted by Crippen LogP contribution is 2.44. The lowest BCUT2D eigenvalue weighted by Crippen LogP contribution is -2.30. The highest BCUT2D eigenvalue weighted by atomic mass is 32.1. The van der Waals surface area contributed by atoms with Gasteiger partial charge in [-0.2, -0.15) is 13.2 Å². The minimum absolute atomic E-state index is 0.225. The zero-order valence-corrected chi connectivity index (χ0v) is 16.0. The predicted octanol–water partition coefficient (Wildman–Crippen LogP) is 4.66. The van der Waals surface area contributed by atoms with Crippen molar-refractivity contribution in [1.82, 2.24) is 4.98 Å². The predicted molar refractivity (Wildman–Crippen MR) is 110 cm³/mol. The Bertz CT molecular complexity index is 1110. The average Bonchev–Trinajstić information content (AvgIpc) is 3.34. The molecule has 0 amide bonds. The molecule has 0 aliphatic heterocycles. The zero-order chi connectivity index (χ0) is 20.6. The van der Waals surface area contributed by atoms with Gasteiger partial charge in [-0.15, -0.1) is 11.3 Å². The number of hydrogen-bond acceptors (Lipinski definition) is 3. The van der Waals surface area contributed by atoms with Gasteiger partial charge in [-0.1, -0.05) is 54.6 Å². The molecule has 2 aromatic heterocycles. The first-order valence-electron chi connectivity index (χ1n) is 9.01. The first-order chi connectivity index (χ1) is 13.8. The minimum Gasteiger partial charge on any atom is -0.423 e. The standard InChI is InChI=1S/C21H17BF3NO2S/c23-21(24,25)12-15(17-10-5-11-29-17)18-14-8-4-9-16(22(27)28)20(14)26-19(18)13-6-2-1-3-7-13/h1-11,15,26-28H,12H2. The molecule has 0 spiro atoms. The van der Waals surface area contributed by atoms with Gasteiger partial charge in [0.05, 0.1) is 12.1 Å². The lowest BCUT2D eigenvalue weighted by Gasteiger charge is -2.19. The summed E-state index contributed by atoms with van der Waals surface area (Å²) in [6.45, 7) is 0. The lowest BCUT2D eigenvalue weighted by molar-refractivity contribution is -0.136. The number of aromatic nitrogens is 1. The van der Waals surface area contributed by atoms with Crippen molar-refractivity contribution >= 4 is 34.8 Å². The number of rotatable bonds is 5. The van der Waals surface area contributed by atoms with E-state index in [-0.39, 0.29) is 5.46 Å². The van der Waals surface area contributed by atoms with Gasteiger partial charge in [0.15, 0.2) is 0 Å². The van der Waals surface area contributed by atoms with Crippen LogP contribution in [0.1, 0.15) is 22.8 Å². The van der Waals surface area contributed by atoms with Crippen LogP contribution < -0.4 is 5.46 Å². The summed E-state index contributed by atoms with van der Waals surface area (Å²) in [5.41, 5.74) is 2.45. The summed E-state index contributed by atoms with van der Waals surface area (Å²) in [5.74, 6) is -0.912. The summed E-state index contributed by atoms with van der Waals surface area (Å²) in [6.07, 6.45) is -5.37. The van der Waals surface area contributed by atoms with Crippen molar-refractivity contribution in [3.8, 4) is 11.3 Å². The number of nitrogens with one attached hydrogen (secondary N) is 1. The molecular weight excluding hydrogens is 398 g/mol. The molecule has 4 rings (SSSR count). The number of fused-ring (bicyclic) bond motifs is 1. The topological polar surface area (TPSA) is 56.2 Å². The SMILES string of the molecule is OB(O)c1cccc2c(C(CC(F)(F)F)c3cccs3)c(-c3ccccc3)[nH]c12. The van der Waals surface area contributed by atoms with Gasteiger partial charge in [-0.25, -0.2) is 0 Å². The molecule has 148 valence electrons. The fraction of sp³-hybridized carbons (Fsp3) is 0.143. The number of para-hydroxylation sites is 1. The quantitative estimate of drug-likeness (QED) is 0.416. The summed E-state index contributed by atoms with van der Waals surface area (Å²) in [5, 5.41) is 21.8. The monoisotopic (exact) mass is 415 g/mol. The van der Waals surface area contributed by atoms with E-state index in [1.165, 1.54) is 11.3 Å². The largest absolute Gasteiger partial charge is 0.490 e. The molecule has 0 radical (unpaired) electrons. The molecule has 1 atom stereocenters. The van der Waals surface area contributed by atoms with Crippen LogP contribution in [-0.4, -0.2) is 28.3 Å². The van der Waals surface area contributed by atoms with Gasteiger partial charge in [0, 0.05) is 27.2 Å². The number of aromatic amines is 1. The number of halogens is 3. The van der Waals surface area contributed by atoms with Gasteiger partial charge < -0.3 is 15.0 Å². The van der Waals surface area contributed by atoms with Gasteiger partial charge in [0.1, 0.15) is 0 Å². The lowest BCUT2D eigenvalue weighted by atomic mass is 9.78. The molecular formula is C21H17BF3NO2S. The van der Waals surface area contributed by atoms with Gasteiger partial charge in [-0.05, 0) is 22.6 Å². The number of hydrogen-bond donors (Lipinski definition) is 3. The molecule has 4 aromatic rings. The molecule has 8 heteroatoms. The van der Waals surface area contributed by atoms with Crippen molar-refractivity contribution in [2.24, 2.45) is 0 Å². The second-order valence-corrected chi connectivity index (χ2v) is 7.79. The van der Waals surface area contributed by atoms with E-state index in [9.17, 15) is 23.2 Å². The Morgan fingerprint density at radius 1 is 0.966 bits per heavy atom. The van der Waals surface area contributed by atoms with Crippen LogP contribution in [-0.2, 0) is 0 Å². The van der Waals surface area contributed by atoms with Crippen LogP contribution >= 0.6 is 11.3 Å². The van der Waals surface area contributed by atoms with E-state index in [0.29, 0.717) is 27.0 Å². The number of benzene rings is 2. The number of thiophene rings is 1. The Kier molecular flexibility index (Phi) is 5.25. The van der Waals surface area contributed by atoms with E-state index >= 15 is 0 Å². The highest BCUT2D eigenvalue weighted by Gasteiger charge is 2.37. The van der Waals surface area contributed by atoms with Crippen molar-refractivity contribution < 1.29 is 23.2 Å². The Morgan fingerprint density at radius 3 is 2.34 bits per heavy atom. The van der Waals surface area contributed by atoms with Gasteiger partial charge in [0.25, 0.3) is 0 Å². The first kappa shape index (κ1) is 19.8. The van der Waals surface area contributed by atoms with Crippen LogP contribution in [0.4, 0.5) is 13.2 Å². The third-order valence-corrected chi connectivity index (χ3v) is 5.90. The third kappa shape index (κ3) is 3.96. The van der Waals surface area contributed by atoms with Crippen molar-refractivity contribution in [1.29, 1.82) is 0 Å². The van der Waals surface area contributed by atoms with Crippen LogP contribution in [0.5, 0.6) is 0 Å². The molecule has 3 N–H and O–H groups in total. The van der Waals surface area contributed by atoms with Gasteiger partial charge in [0.2, 0.25) is 0 Å². The summed E-state index contributed by atoms with van der Waals surface area (Å²) < 4.78 is 40.6. The molecule has 1 unspecified atom stereocenters. The van der Waals surface area contributed by atoms with Crippen LogP contribution in [0.2, 0.25) is 0 Å². The maximum Gasteiger partial charge on any atom is 0.490 e. The third-order valence-electron chi connectivity index (χ3n) is 4.92. The van der Waals surface area contributed by atoms with Crippen LogP contribution in [0.15, 0.2) is 66.0 Å². The Hall–Kier alpha value is -2.55. The molecule has 0 bridgehead atoms. The van der Waals surface area contributed by atoms with Crippen LogP contribution in [0, 0.1) is 0 Å². The van der Waals surface area contributed by atoms with Gasteiger partial charge in [-0.3, -0.25) is 0 Å². The van der Waals surface area contributed by atoms with Crippen molar-refractivity contribution in [2.75, 3.05) is 0 Å². The van der Waals surface area contributed by atoms with E-state index in [1.54, 1.807) is 35.7 Å². The van der Waals surface area contributed by atoms with E-state index in [0.717, 1.165) is 5.56 Å². The van der Waals surface area contributed by atoms with Gasteiger partial charge >= 0.3 is 13.3 Å². The molecule has 0 fully saturated rings. The maximum atomic E-state index is 13.5. The smallest absolute Gasteiger partial charge is 0.423 e. The van der Waals surface area contributed by atoms with Crippen molar-refractivity contribution in [2.45, 2.75) is 18.5 Å². The zero-order valence-electron chi connectivity index (χ0n) is 15.1. The summed E-state index contributed by atoms with van der Waals surface area (Å²) in [4.78, 5) is 3.78. The fourth-order valence-corrected chi connectivity index (χ4v) is 4.57. The van der Waals surface area contributed by atoms with E-state index in [2.05, 4.69) is 4.98 Å². The van der Waals surface area contributed by atoms with Crippen LogP contribution in [0.3, 0.4) is 0 Å². The van der Waals surface area contributed by atoms with Crippen LogP contribution in [0.25, 0.3) is 22.2 Å². The first-order valence-corrected chi connectivity index (χ1v) is 9.89. The molecule has 3 nitrogen and oxygen atoms in total. The maximum absolute atomic E-state index is 13.5. The Balaban J connectivity index is 2.04. The number of H-pyrrole nitrogens is 1. The minimum atomic E-state index is -4.36. The van der Waals surface area contributed by atoms with E-state index in [4.69, 9.17) is 0 Å². The summed E-state index contributed by atoms with van der Waals surface area (Å²) in [6, 6.07) is 17.5. The van der Waals surface area contributed by atoms with Crippen molar-refractivity contribution in [3.63, 3.8) is 0 Å². The molecule has 0 saturated heterocycles. The van der Waals surface area contributed by atoms with E-state index < -0.39 is 25.6 Å². The second-order valence-electron chi connectivity index (χ2n) is 6.81. The molecule has 2 heterocycles. The second kappa shape index (κ2) is 7.70. The molecule has 29 heavy (non-hydrogen) atoms.